The van der Waals surface area contributed by atoms with Gasteiger partial charge < -0.3 is 0 Å². The Kier molecular flexibility index (Phi) is 5.69. The molecule has 7 aromatic carbocycles. The van der Waals surface area contributed by atoms with E-state index in [2.05, 4.69) is 167 Å². The van der Waals surface area contributed by atoms with Crippen molar-refractivity contribution in [3.05, 3.63) is 162 Å². The minimum atomic E-state index is -0.0574. The Morgan fingerprint density at radius 1 is 0.408 bits per heavy atom. The van der Waals surface area contributed by atoms with Gasteiger partial charge in [0.05, 0.1) is 5.69 Å². The van der Waals surface area contributed by atoms with Crippen LogP contribution in [0.3, 0.4) is 0 Å². The first-order valence-corrected chi connectivity index (χ1v) is 17.2. The third kappa shape index (κ3) is 3.96. The number of hydrogen-bond donors (Lipinski definition) is 0. The van der Waals surface area contributed by atoms with E-state index in [1.54, 1.807) is 4.80 Å². The molecule has 8 aromatic rings. The zero-order valence-electron chi connectivity index (χ0n) is 28.1. The quantitative estimate of drug-likeness (QED) is 0.195. The first kappa shape index (κ1) is 28.2. The van der Waals surface area contributed by atoms with Gasteiger partial charge in [0.15, 0.2) is 0 Å². The molecule has 2 aliphatic carbocycles. The van der Waals surface area contributed by atoms with Crippen LogP contribution < -0.4 is 0 Å². The van der Waals surface area contributed by atoms with Gasteiger partial charge in [-0.1, -0.05) is 137 Å². The fourth-order valence-electron chi connectivity index (χ4n) is 8.64. The molecule has 0 atom stereocenters. The highest BCUT2D eigenvalue weighted by Gasteiger charge is 2.36. The fourth-order valence-corrected chi connectivity index (χ4v) is 8.64. The monoisotopic (exact) mass is 629 g/mol. The first-order valence-electron chi connectivity index (χ1n) is 17.2. The van der Waals surface area contributed by atoms with Gasteiger partial charge in [0.25, 0.3) is 0 Å². The fraction of sp³-hybridized carbons (Fsp3) is 0.130. The highest BCUT2D eigenvalue weighted by atomic mass is 15.5. The van der Waals surface area contributed by atoms with E-state index in [0.29, 0.717) is 0 Å². The third-order valence-electron chi connectivity index (χ3n) is 11.3. The molecule has 234 valence electrons. The topological polar surface area (TPSA) is 30.7 Å². The van der Waals surface area contributed by atoms with Crippen molar-refractivity contribution < 1.29 is 0 Å². The van der Waals surface area contributed by atoms with E-state index < -0.39 is 0 Å². The van der Waals surface area contributed by atoms with Crippen molar-refractivity contribution in [3.8, 4) is 50.2 Å². The summed E-state index contributed by atoms with van der Waals surface area (Å²) in [5, 5.41) is 12.4. The van der Waals surface area contributed by atoms with E-state index in [1.165, 1.54) is 72.1 Å². The average molecular weight is 630 g/mol. The molecule has 0 spiro atoms. The van der Waals surface area contributed by atoms with Gasteiger partial charge in [0.2, 0.25) is 0 Å². The van der Waals surface area contributed by atoms with E-state index in [9.17, 15) is 0 Å². The van der Waals surface area contributed by atoms with Gasteiger partial charge in [-0.2, -0.15) is 4.80 Å². The van der Waals surface area contributed by atoms with Crippen molar-refractivity contribution in [2.45, 2.75) is 38.5 Å². The van der Waals surface area contributed by atoms with Gasteiger partial charge in [-0.25, -0.2) is 0 Å². The van der Waals surface area contributed by atoms with Crippen molar-refractivity contribution in [2.75, 3.05) is 0 Å². The number of aromatic nitrogens is 3. The second kappa shape index (κ2) is 9.87. The Bertz CT molecular complexity index is 2650. The molecular weight excluding hydrogens is 595 g/mol. The summed E-state index contributed by atoms with van der Waals surface area (Å²) in [5.41, 5.74) is 18.4. The van der Waals surface area contributed by atoms with Crippen LogP contribution in [0.1, 0.15) is 49.9 Å². The van der Waals surface area contributed by atoms with Crippen LogP contribution in [0.2, 0.25) is 0 Å². The van der Waals surface area contributed by atoms with Crippen LogP contribution in [-0.4, -0.2) is 15.0 Å². The lowest BCUT2D eigenvalue weighted by molar-refractivity contribution is 0.660. The molecule has 1 aromatic heterocycles. The van der Waals surface area contributed by atoms with E-state index in [0.717, 1.165) is 22.1 Å². The van der Waals surface area contributed by atoms with Crippen LogP contribution in [0.15, 0.2) is 140 Å². The summed E-state index contributed by atoms with van der Waals surface area (Å²) < 4.78 is 0. The minimum Gasteiger partial charge on any atom is -0.150 e. The molecule has 0 saturated carbocycles. The summed E-state index contributed by atoms with van der Waals surface area (Å²) in [6.07, 6.45) is 0. The van der Waals surface area contributed by atoms with Crippen LogP contribution >= 0.6 is 0 Å². The molecule has 0 aliphatic heterocycles. The Labute approximate surface area is 286 Å². The molecule has 0 radical (unpaired) electrons. The van der Waals surface area contributed by atoms with Crippen LogP contribution in [0.4, 0.5) is 0 Å². The van der Waals surface area contributed by atoms with E-state index in [1.807, 2.05) is 0 Å². The molecule has 0 N–H and O–H groups in total. The normalized spacial score (nSPS) is 14.9. The van der Waals surface area contributed by atoms with Crippen molar-refractivity contribution in [1.29, 1.82) is 0 Å². The molecule has 3 heteroatoms. The maximum atomic E-state index is 5.05. The zero-order chi connectivity index (χ0) is 33.1. The third-order valence-corrected chi connectivity index (χ3v) is 11.3. The van der Waals surface area contributed by atoms with Crippen molar-refractivity contribution in [3.63, 3.8) is 0 Å². The lowest BCUT2D eigenvalue weighted by atomic mass is 9.81. The van der Waals surface area contributed by atoms with Gasteiger partial charge in [-0.15, -0.1) is 10.2 Å². The minimum absolute atomic E-state index is 0.0242. The van der Waals surface area contributed by atoms with Gasteiger partial charge in [0, 0.05) is 16.2 Å². The molecule has 0 unspecified atom stereocenters. The lowest BCUT2D eigenvalue weighted by Crippen LogP contribution is -2.14. The van der Waals surface area contributed by atoms with Gasteiger partial charge in [-0.3, -0.25) is 0 Å². The molecule has 10 rings (SSSR count). The number of fused-ring (bicyclic) bond motifs is 9. The molecule has 2 aliphatic rings. The second-order valence-corrected chi connectivity index (χ2v) is 14.7. The number of nitrogens with zero attached hydrogens (tertiary/aromatic N) is 3. The Hall–Kier alpha value is -5.80. The van der Waals surface area contributed by atoms with Gasteiger partial charge >= 0.3 is 0 Å². The predicted octanol–water partition coefficient (Wildman–Crippen LogP) is 11.5. The molecule has 0 bridgehead atoms. The number of hydrogen-bond acceptors (Lipinski definition) is 2. The highest BCUT2D eigenvalue weighted by Crippen LogP contribution is 2.51. The van der Waals surface area contributed by atoms with E-state index >= 15 is 0 Å². The second-order valence-electron chi connectivity index (χ2n) is 14.7. The predicted molar refractivity (Wildman–Crippen MR) is 202 cm³/mol. The maximum Gasteiger partial charge on any atom is 0.121 e. The lowest BCUT2D eigenvalue weighted by Gasteiger charge is -2.22. The maximum absolute atomic E-state index is 5.05. The molecular formula is C46H35N3. The van der Waals surface area contributed by atoms with Crippen LogP contribution in [0.5, 0.6) is 0 Å². The highest BCUT2D eigenvalue weighted by molar-refractivity contribution is 6.11. The molecule has 1 heterocycles. The molecule has 0 fully saturated rings. The number of rotatable bonds is 3. The summed E-state index contributed by atoms with van der Waals surface area (Å²) in [7, 11) is 0. The molecule has 49 heavy (non-hydrogen) atoms. The standard InChI is InChI=1S/C46H35N3/c1-45(2)39-15-9-7-12-33(39)35-23-19-29(25-41(35)45)28-17-21-31(22-18-28)49-47-43-27-38(32-11-5-6-14-37(32)44(43)48-49)30-20-24-36-34-13-8-10-16-40(34)46(3,4)42(36)26-30/h5-27H,1-4H3. The SMILES string of the molecule is CC1(C)c2ccccc2-c2ccc(-c3ccc(-n4nc5cc(-c6ccc7c(c6)C(C)(C)c6ccccc6-7)c6ccccc6c5n4)cc3)cc21. The van der Waals surface area contributed by atoms with Crippen molar-refractivity contribution in [2.24, 2.45) is 0 Å². The Morgan fingerprint density at radius 3 is 1.57 bits per heavy atom. The first-order chi connectivity index (χ1) is 23.8. The zero-order valence-corrected chi connectivity index (χ0v) is 28.1. The summed E-state index contributed by atoms with van der Waals surface area (Å²) in [6, 6.07) is 50.9. The molecule has 0 saturated heterocycles. The van der Waals surface area contributed by atoms with Crippen LogP contribution in [-0.2, 0) is 10.8 Å². The van der Waals surface area contributed by atoms with Crippen LogP contribution in [0.25, 0.3) is 72.0 Å². The molecule has 3 nitrogen and oxygen atoms in total. The van der Waals surface area contributed by atoms with E-state index in [-0.39, 0.29) is 10.8 Å². The summed E-state index contributed by atoms with van der Waals surface area (Å²) in [5.74, 6) is 0. The Morgan fingerprint density at radius 2 is 0.918 bits per heavy atom. The van der Waals surface area contributed by atoms with Crippen molar-refractivity contribution in [1.82, 2.24) is 15.0 Å². The Balaban J connectivity index is 1.03. The van der Waals surface area contributed by atoms with Crippen LogP contribution in [0, 0.1) is 0 Å². The smallest absolute Gasteiger partial charge is 0.121 e. The average Bonchev–Trinajstić information content (AvgIpc) is 3.75. The summed E-state index contributed by atoms with van der Waals surface area (Å²) in [6.45, 7) is 9.34. The summed E-state index contributed by atoms with van der Waals surface area (Å²) in [4.78, 5) is 1.79. The number of benzene rings is 7. The summed E-state index contributed by atoms with van der Waals surface area (Å²) >= 11 is 0. The van der Waals surface area contributed by atoms with E-state index in [4.69, 9.17) is 10.2 Å². The van der Waals surface area contributed by atoms with Gasteiger partial charge in [0.1, 0.15) is 11.0 Å². The largest absolute Gasteiger partial charge is 0.150 e. The van der Waals surface area contributed by atoms with Crippen molar-refractivity contribution >= 4 is 21.8 Å². The molecule has 0 amide bonds. The van der Waals surface area contributed by atoms with Gasteiger partial charge in [-0.05, 0) is 102 Å².